The zero-order chi connectivity index (χ0) is 48.0. The highest BCUT2D eigenvalue weighted by atomic mass is 32.1. The zero-order valence-electron chi connectivity index (χ0n) is 36.0. The summed E-state index contributed by atoms with van der Waals surface area (Å²) in [5.74, 6) is -0.0586. The lowest BCUT2D eigenvalue weighted by Crippen LogP contribution is -2.28. The molecular weight excluding hydrogens is 885 g/mol. The number of para-hydroxylation sites is 1. The number of aliphatic imine (C=N–C) groups is 3. The van der Waals surface area contributed by atoms with E-state index in [4.69, 9.17) is 75.7 Å². The second-order valence-corrected chi connectivity index (χ2v) is 14.8. The first kappa shape index (κ1) is 48.0. The molecule has 0 atom stereocenters. The molecule has 22 heteroatoms. The first-order valence-corrected chi connectivity index (χ1v) is 20.9. The van der Waals surface area contributed by atoms with Crippen LogP contribution in [0.1, 0.15) is 15.9 Å². The Morgan fingerprint density at radius 3 is 1.99 bits per heavy atom. The third-order valence-electron chi connectivity index (χ3n) is 9.63. The summed E-state index contributed by atoms with van der Waals surface area (Å²) < 4.78 is 30.9. The summed E-state index contributed by atoms with van der Waals surface area (Å²) in [5, 5.41) is 27.6. The summed E-state index contributed by atoms with van der Waals surface area (Å²) in [7, 11) is 0. The van der Waals surface area contributed by atoms with Crippen LogP contribution in [0.3, 0.4) is 0 Å². The number of phenolic OH excluding ortho intramolecular Hbond substituents is 1. The molecule has 0 saturated carbocycles. The number of thiocarbonyl (C=S) groups is 1. The number of ether oxygens (including phenoxy) is 4. The maximum Gasteiger partial charge on any atom is 0.336 e. The maximum absolute atomic E-state index is 12.9. The SMILES string of the molecule is NCCOc1c(CNC(=S)Nc2ccc(-c3c4ccc(=O)cc-4oc4cc(O)ccc34)c(C(=O)O)c2)ccc(-c2cccc(OCCN=C(N)N)c2OCCN=C(N)N)c1OCCN=C(N)N. The van der Waals surface area contributed by atoms with Crippen LogP contribution in [0.5, 0.6) is 28.7 Å². The minimum atomic E-state index is -1.22. The summed E-state index contributed by atoms with van der Waals surface area (Å²) in [6.07, 6.45) is 0. The van der Waals surface area contributed by atoms with E-state index in [1.807, 2.05) is 18.2 Å². The van der Waals surface area contributed by atoms with Gasteiger partial charge < -0.3 is 84.3 Å². The minimum absolute atomic E-state index is 0.0313. The minimum Gasteiger partial charge on any atom is -0.508 e. The Balaban J connectivity index is 1.33. The number of carboxylic acids is 1. The second-order valence-electron chi connectivity index (χ2n) is 14.4. The van der Waals surface area contributed by atoms with E-state index in [2.05, 4.69) is 25.6 Å². The topological polar surface area (TPSA) is 368 Å². The number of fused-ring (bicyclic) bond motifs is 2. The fraction of sp³-hybridized carbons (Fsp3) is 0.200. The molecule has 2 aliphatic rings. The summed E-state index contributed by atoms with van der Waals surface area (Å²) >= 11 is 5.71. The molecule has 0 aromatic heterocycles. The van der Waals surface area contributed by atoms with Gasteiger partial charge in [-0.1, -0.05) is 24.3 Å². The molecule has 0 radical (unpaired) electrons. The molecule has 4 aromatic rings. The first-order valence-electron chi connectivity index (χ1n) is 20.5. The summed E-state index contributed by atoms with van der Waals surface area (Å²) in [6.45, 7) is 1.01. The van der Waals surface area contributed by atoms with E-state index in [1.54, 1.807) is 36.4 Å². The van der Waals surface area contributed by atoms with E-state index in [0.717, 1.165) is 0 Å². The largest absolute Gasteiger partial charge is 0.508 e. The highest BCUT2D eigenvalue weighted by molar-refractivity contribution is 7.80. The molecule has 1 aliphatic carbocycles. The summed E-state index contributed by atoms with van der Waals surface area (Å²) in [6, 6.07) is 22.4. The van der Waals surface area contributed by atoms with Gasteiger partial charge in [0, 0.05) is 64.1 Å². The average molecular weight is 935 g/mol. The van der Waals surface area contributed by atoms with Crippen molar-refractivity contribution in [2.75, 3.05) is 57.9 Å². The van der Waals surface area contributed by atoms with E-state index in [9.17, 15) is 19.8 Å². The van der Waals surface area contributed by atoms with Crippen molar-refractivity contribution in [3.63, 3.8) is 0 Å². The van der Waals surface area contributed by atoms with Crippen molar-refractivity contribution in [3.05, 3.63) is 106 Å². The van der Waals surface area contributed by atoms with Crippen molar-refractivity contribution in [2.45, 2.75) is 6.54 Å². The van der Waals surface area contributed by atoms with Crippen LogP contribution in [0.4, 0.5) is 5.69 Å². The highest BCUT2D eigenvalue weighted by Gasteiger charge is 2.25. The lowest BCUT2D eigenvalue weighted by atomic mass is 9.90. The van der Waals surface area contributed by atoms with Crippen molar-refractivity contribution in [1.82, 2.24) is 5.32 Å². The number of rotatable bonds is 21. The Bertz CT molecular complexity index is 2880. The molecule has 21 nitrogen and oxygen atoms in total. The molecule has 0 amide bonds. The molecule has 0 unspecified atom stereocenters. The predicted molar refractivity (Wildman–Crippen MR) is 261 cm³/mol. The number of carbonyl (C=O) groups is 1. The number of hydrogen-bond acceptors (Lipinski definition) is 13. The fourth-order valence-electron chi connectivity index (χ4n) is 6.90. The van der Waals surface area contributed by atoms with Crippen LogP contribution in [-0.2, 0) is 6.54 Å². The number of hydrogen-bond donors (Lipinski definition) is 11. The van der Waals surface area contributed by atoms with Gasteiger partial charge in [0.05, 0.1) is 25.2 Å². The number of phenols is 1. The standard InChI is InChI=1S/C45H50N12O9S/c46-12-16-63-38-24(4-8-30(40(38)65-19-15-55-44(51)52)29-2-1-3-34(62-17-13-53-42(47)48)39(29)64-18-14-54-43(49)50)23-56-45(67)57-25-5-9-28(33(20-25)41(60)61)37-31-10-6-26(58)21-35(31)66-36-22-27(59)7-11-32(36)37/h1-11,20-22,58H,12-19,23,46H2,(H,60,61)(H4,47,48,53)(H4,49,50,54)(H4,51,52,55)(H2,56,57,67). The summed E-state index contributed by atoms with van der Waals surface area (Å²) in [4.78, 5) is 37.2. The number of nitrogens with one attached hydrogen (secondary N) is 2. The van der Waals surface area contributed by atoms with Gasteiger partial charge in [0.2, 0.25) is 0 Å². The molecular formula is C45H50N12O9S. The lowest BCUT2D eigenvalue weighted by Gasteiger charge is -2.22. The maximum atomic E-state index is 12.9. The molecule has 0 fully saturated rings. The van der Waals surface area contributed by atoms with Crippen LogP contribution >= 0.6 is 12.2 Å². The number of carboxylic acid groups (broad SMARTS) is 1. The lowest BCUT2D eigenvalue weighted by molar-refractivity contribution is 0.0697. The number of anilines is 1. The molecule has 0 saturated heterocycles. The normalized spacial score (nSPS) is 10.8. The molecule has 1 aliphatic heterocycles. The summed E-state index contributed by atoms with van der Waals surface area (Å²) in [5.41, 5.74) is 42.5. The Morgan fingerprint density at radius 2 is 1.31 bits per heavy atom. The Labute approximate surface area is 388 Å². The van der Waals surface area contributed by atoms with Crippen LogP contribution < -0.4 is 75.1 Å². The van der Waals surface area contributed by atoms with E-state index in [0.29, 0.717) is 67.5 Å². The van der Waals surface area contributed by atoms with Crippen molar-refractivity contribution in [1.29, 1.82) is 0 Å². The Kier molecular flexibility index (Phi) is 16.0. The van der Waals surface area contributed by atoms with Crippen LogP contribution in [0.2, 0.25) is 0 Å². The van der Waals surface area contributed by atoms with Crippen molar-refractivity contribution in [2.24, 2.45) is 55.1 Å². The van der Waals surface area contributed by atoms with Crippen molar-refractivity contribution >= 4 is 57.8 Å². The van der Waals surface area contributed by atoms with Gasteiger partial charge in [-0.25, -0.2) is 4.79 Å². The van der Waals surface area contributed by atoms with E-state index in [-0.39, 0.29) is 110 Å². The van der Waals surface area contributed by atoms with Gasteiger partial charge in [-0.2, -0.15) is 0 Å². The highest BCUT2D eigenvalue weighted by Crippen LogP contribution is 2.47. The van der Waals surface area contributed by atoms with Gasteiger partial charge in [0.25, 0.3) is 0 Å². The molecule has 1 heterocycles. The number of nitrogens with two attached hydrogens (primary N) is 7. The van der Waals surface area contributed by atoms with E-state index < -0.39 is 5.97 Å². The van der Waals surface area contributed by atoms with Crippen LogP contribution in [0.25, 0.3) is 44.5 Å². The zero-order valence-corrected chi connectivity index (χ0v) is 36.8. The van der Waals surface area contributed by atoms with Crippen molar-refractivity contribution < 1.29 is 38.4 Å². The number of aromatic hydroxyl groups is 1. The fourth-order valence-corrected chi connectivity index (χ4v) is 7.09. The molecule has 18 N–H and O–H groups in total. The van der Waals surface area contributed by atoms with E-state index in [1.165, 1.54) is 30.3 Å². The van der Waals surface area contributed by atoms with Gasteiger partial charge in [-0.05, 0) is 66.3 Å². The van der Waals surface area contributed by atoms with Gasteiger partial charge in [0.1, 0.15) is 43.5 Å². The molecule has 6 rings (SSSR count). The van der Waals surface area contributed by atoms with Crippen LogP contribution in [-0.4, -0.2) is 91.8 Å². The van der Waals surface area contributed by atoms with Gasteiger partial charge in [-0.15, -0.1) is 0 Å². The molecule has 4 aromatic carbocycles. The third kappa shape index (κ3) is 12.4. The molecule has 0 bridgehead atoms. The monoisotopic (exact) mass is 934 g/mol. The van der Waals surface area contributed by atoms with Gasteiger partial charge >= 0.3 is 5.97 Å². The second kappa shape index (κ2) is 22.4. The first-order chi connectivity index (χ1) is 32.2. The smallest absolute Gasteiger partial charge is 0.336 e. The average Bonchev–Trinajstić information content (AvgIpc) is 3.28. The van der Waals surface area contributed by atoms with Gasteiger partial charge in [0.15, 0.2) is 51.4 Å². The number of nitrogens with zero attached hydrogens (tertiary/aromatic N) is 3. The Hall–Kier alpha value is -8.50. The Morgan fingerprint density at radius 1 is 0.687 bits per heavy atom. The quantitative estimate of drug-likeness (QED) is 0.0162. The molecule has 67 heavy (non-hydrogen) atoms. The predicted octanol–water partition coefficient (Wildman–Crippen LogP) is 2.42. The number of aromatic carboxylic acids is 1. The molecule has 0 spiro atoms. The molecule has 350 valence electrons. The van der Waals surface area contributed by atoms with Crippen molar-refractivity contribution in [3.8, 4) is 62.3 Å². The van der Waals surface area contributed by atoms with Crippen LogP contribution in [0, 0.1) is 0 Å². The third-order valence-corrected chi connectivity index (χ3v) is 9.87. The van der Waals surface area contributed by atoms with E-state index >= 15 is 0 Å². The van der Waals surface area contributed by atoms with Gasteiger partial charge in [-0.3, -0.25) is 19.8 Å². The van der Waals surface area contributed by atoms with Crippen LogP contribution in [0.15, 0.2) is 109 Å². The number of guanidine groups is 3. The number of benzene rings is 5.